The quantitative estimate of drug-likeness (QED) is 0.608. The van der Waals surface area contributed by atoms with Gasteiger partial charge in [0.05, 0.1) is 13.2 Å². The number of aryl methyl sites for hydroxylation is 2. The SMILES string of the molecule is CCOP(=O)(COc1cc(C)c(Cc2ccc(O)cc2)c(C)c1)OCC. The molecule has 2 rings (SSSR count). The number of ether oxygens (including phenoxy) is 1. The van der Waals surface area contributed by atoms with Crippen LogP contribution in [0, 0.1) is 13.8 Å². The first-order chi connectivity index (χ1) is 12.4. The molecule has 0 radical (unpaired) electrons. The van der Waals surface area contributed by atoms with Crippen LogP contribution in [0.15, 0.2) is 36.4 Å². The number of rotatable bonds is 9. The van der Waals surface area contributed by atoms with Crippen LogP contribution in [-0.2, 0) is 20.0 Å². The van der Waals surface area contributed by atoms with E-state index in [-0.39, 0.29) is 12.1 Å². The molecule has 0 saturated heterocycles. The number of benzene rings is 2. The van der Waals surface area contributed by atoms with E-state index in [4.69, 9.17) is 13.8 Å². The smallest absolute Gasteiger partial charge is 0.367 e. The molecular weight excluding hydrogens is 351 g/mol. The van der Waals surface area contributed by atoms with Crippen LogP contribution in [-0.4, -0.2) is 24.7 Å². The van der Waals surface area contributed by atoms with E-state index in [0.29, 0.717) is 19.0 Å². The molecule has 0 aliphatic rings. The number of aromatic hydroxyl groups is 1. The summed E-state index contributed by atoms with van der Waals surface area (Å²) in [6, 6.07) is 11.1. The molecule has 0 aliphatic heterocycles. The third-order valence-corrected chi connectivity index (χ3v) is 5.78. The van der Waals surface area contributed by atoms with E-state index in [9.17, 15) is 9.67 Å². The normalized spacial score (nSPS) is 11.5. The van der Waals surface area contributed by atoms with E-state index in [0.717, 1.165) is 23.1 Å². The van der Waals surface area contributed by atoms with Gasteiger partial charge in [0.2, 0.25) is 0 Å². The molecule has 0 unspecified atom stereocenters. The summed E-state index contributed by atoms with van der Waals surface area (Å²) in [5.41, 5.74) is 4.52. The first-order valence-corrected chi connectivity index (χ1v) is 10.5. The fraction of sp³-hybridized carbons (Fsp3) is 0.400. The van der Waals surface area contributed by atoms with Crippen LogP contribution in [0.5, 0.6) is 11.5 Å². The van der Waals surface area contributed by atoms with Gasteiger partial charge in [0.15, 0.2) is 6.35 Å². The Balaban J connectivity index is 2.13. The summed E-state index contributed by atoms with van der Waals surface area (Å²) >= 11 is 0. The molecule has 0 aromatic heterocycles. The van der Waals surface area contributed by atoms with Gasteiger partial charge in [-0.3, -0.25) is 4.57 Å². The van der Waals surface area contributed by atoms with Gasteiger partial charge in [-0.25, -0.2) is 0 Å². The Labute approximate surface area is 155 Å². The number of phenols is 1. The van der Waals surface area contributed by atoms with Crippen molar-refractivity contribution in [3.8, 4) is 11.5 Å². The summed E-state index contributed by atoms with van der Waals surface area (Å²) in [4.78, 5) is 0. The fourth-order valence-corrected chi connectivity index (χ4v) is 4.11. The summed E-state index contributed by atoms with van der Waals surface area (Å²) in [6.07, 6.45) is 0.666. The van der Waals surface area contributed by atoms with Gasteiger partial charge in [-0.05, 0) is 80.6 Å². The van der Waals surface area contributed by atoms with E-state index in [2.05, 4.69) is 0 Å². The molecule has 0 atom stereocenters. The Morgan fingerprint density at radius 3 is 2.00 bits per heavy atom. The molecule has 142 valence electrons. The van der Waals surface area contributed by atoms with Crippen molar-refractivity contribution in [3.63, 3.8) is 0 Å². The molecule has 5 nitrogen and oxygen atoms in total. The Bertz CT molecular complexity index is 737. The van der Waals surface area contributed by atoms with E-state index in [1.165, 1.54) is 5.56 Å². The fourth-order valence-electron chi connectivity index (χ4n) is 2.79. The van der Waals surface area contributed by atoms with Crippen molar-refractivity contribution in [1.82, 2.24) is 0 Å². The largest absolute Gasteiger partial charge is 0.508 e. The van der Waals surface area contributed by atoms with Crippen LogP contribution in [0.4, 0.5) is 0 Å². The Hall–Kier alpha value is -1.81. The van der Waals surface area contributed by atoms with Gasteiger partial charge in [0, 0.05) is 0 Å². The summed E-state index contributed by atoms with van der Waals surface area (Å²) in [5.74, 6) is 0.910. The maximum atomic E-state index is 12.5. The monoisotopic (exact) mass is 378 g/mol. The van der Waals surface area contributed by atoms with Crippen molar-refractivity contribution >= 4 is 7.60 Å². The van der Waals surface area contributed by atoms with E-state index in [1.807, 2.05) is 38.1 Å². The molecule has 2 aromatic carbocycles. The summed E-state index contributed by atoms with van der Waals surface area (Å²) in [5, 5.41) is 9.41. The zero-order chi connectivity index (χ0) is 19.2. The van der Waals surface area contributed by atoms with Crippen LogP contribution >= 0.6 is 7.60 Å². The predicted octanol–water partition coefficient (Wildman–Crippen LogP) is 5.20. The van der Waals surface area contributed by atoms with Crippen molar-refractivity contribution in [2.75, 3.05) is 19.6 Å². The molecule has 0 amide bonds. The number of hydrogen-bond acceptors (Lipinski definition) is 5. The van der Waals surface area contributed by atoms with Gasteiger partial charge in [-0.1, -0.05) is 12.1 Å². The second-order valence-electron chi connectivity index (χ2n) is 6.10. The highest BCUT2D eigenvalue weighted by Gasteiger charge is 2.24. The van der Waals surface area contributed by atoms with E-state index < -0.39 is 7.60 Å². The van der Waals surface area contributed by atoms with Gasteiger partial charge in [-0.15, -0.1) is 0 Å². The first-order valence-electron chi connectivity index (χ1n) is 8.76. The van der Waals surface area contributed by atoms with Crippen LogP contribution in [0.1, 0.15) is 36.1 Å². The summed E-state index contributed by atoms with van der Waals surface area (Å²) < 4.78 is 28.7. The third kappa shape index (κ3) is 5.60. The topological polar surface area (TPSA) is 65.0 Å². The molecule has 0 fully saturated rings. The van der Waals surface area contributed by atoms with Gasteiger partial charge < -0.3 is 18.9 Å². The van der Waals surface area contributed by atoms with Gasteiger partial charge >= 0.3 is 7.60 Å². The number of hydrogen-bond donors (Lipinski definition) is 1. The molecule has 6 heteroatoms. The zero-order valence-corrected chi connectivity index (χ0v) is 16.7. The van der Waals surface area contributed by atoms with Gasteiger partial charge in [0.1, 0.15) is 11.5 Å². The molecule has 0 spiro atoms. The lowest BCUT2D eigenvalue weighted by molar-refractivity contribution is 0.197. The first kappa shape index (κ1) is 20.5. The molecule has 26 heavy (non-hydrogen) atoms. The average Bonchev–Trinajstić information content (AvgIpc) is 2.58. The van der Waals surface area contributed by atoms with E-state index in [1.54, 1.807) is 26.0 Å². The van der Waals surface area contributed by atoms with Crippen molar-refractivity contribution < 1.29 is 23.5 Å². The van der Waals surface area contributed by atoms with Gasteiger partial charge in [0.25, 0.3) is 0 Å². The van der Waals surface area contributed by atoms with Crippen LogP contribution in [0.25, 0.3) is 0 Å². The minimum absolute atomic E-state index is 0.106. The molecular formula is C20H27O5P. The molecule has 0 saturated carbocycles. The second-order valence-corrected chi connectivity index (χ2v) is 8.10. The molecule has 0 bridgehead atoms. The predicted molar refractivity (Wildman–Crippen MR) is 103 cm³/mol. The van der Waals surface area contributed by atoms with Crippen molar-refractivity contribution in [1.29, 1.82) is 0 Å². The van der Waals surface area contributed by atoms with Crippen LogP contribution < -0.4 is 4.74 Å². The van der Waals surface area contributed by atoms with Crippen molar-refractivity contribution in [2.45, 2.75) is 34.1 Å². The van der Waals surface area contributed by atoms with Gasteiger partial charge in [-0.2, -0.15) is 0 Å². The highest BCUT2D eigenvalue weighted by atomic mass is 31.2. The minimum Gasteiger partial charge on any atom is -0.508 e. The van der Waals surface area contributed by atoms with Crippen LogP contribution in [0.3, 0.4) is 0 Å². The van der Waals surface area contributed by atoms with Crippen LogP contribution in [0.2, 0.25) is 0 Å². The maximum Gasteiger partial charge on any atom is 0.367 e. The Morgan fingerprint density at radius 1 is 0.962 bits per heavy atom. The second kappa shape index (κ2) is 9.22. The lowest BCUT2D eigenvalue weighted by Gasteiger charge is -2.19. The van der Waals surface area contributed by atoms with E-state index >= 15 is 0 Å². The lowest BCUT2D eigenvalue weighted by atomic mass is 9.96. The molecule has 2 aromatic rings. The van der Waals surface area contributed by atoms with Crippen molar-refractivity contribution in [2.24, 2.45) is 0 Å². The Morgan fingerprint density at radius 2 is 1.50 bits per heavy atom. The zero-order valence-electron chi connectivity index (χ0n) is 15.8. The maximum absolute atomic E-state index is 12.5. The summed E-state index contributed by atoms with van der Waals surface area (Å²) in [6.45, 7) is 8.23. The highest BCUT2D eigenvalue weighted by Crippen LogP contribution is 2.48. The molecule has 0 aliphatic carbocycles. The van der Waals surface area contributed by atoms with Crippen molar-refractivity contribution in [3.05, 3.63) is 58.7 Å². The highest BCUT2D eigenvalue weighted by molar-refractivity contribution is 7.53. The molecule has 0 heterocycles. The third-order valence-electron chi connectivity index (χ3n) is 4.03. The standard InChI is InChI=1S/C20H27O5P/c1-5-24-26(22,25-6-2)14-23-19-11-15(3)20(16(4)12-19)13-17-7-9-18(21)10-8-17/h7-12,21H,5-6,13-14H2,1-4H3. The minimum atomic E-state index is -3.23. The number of phenolic OH excluding ortho intramolecular Hbond substituents is 1. The summed E-state index contributed by atoms with van der Waals surface area (Å²) in [7, 11) is -3.23. The average molecular weight is 378 g/mol. The molecule has 1 N–H and O–H groups in total. The Kier molecular flexibility index (Phi) is 7.27. The lowest BCUT2D eigenvalue weighted by Crippen LogP contribution is -2.06.